The van der Waals surface area contributed by atoms with Gasteiger partial charge < -0.3 is 14.8 Å². The summed E-state index contributed by atoms with van der Waals surface area (Å²) in [6, 6.07) is 6.75. The lowest BCUT2D eigenvalue weighted by molar-refractivity contribution is 0.0242. The first kappa shape index (κ1) is 17.1. The maximum absolute atomic E-state index is 12.2. The summed E-state index contributed by atoms with van der Waals surface area (Å²) in [4.78, 5) is 14.0. The Balaban J connectivity index is 1.62. The van der Waals surface area contributed by atoms with Crippen LogP contribution < -0.4 is 5.32 Å². The van der Waals surface area contributed by atoms with E-state index in [-0.39, 0.29) is 6.09 Å². The van der Waals surface area contributed by atoms with Crippen molar-refractivity contribution in [2.24, 2.45) is 5.92 Å². The molecule has 5 heteroatoms. The number of nitrogens with one attached hydrogen (secondary N) is 1. The molecule has 0 saturated carbocycles. The van der Waals surface area contributed by atoms with Crippen LogP contribution in [0.4, 0.5) is 10.5 Å². The lowest BCUT2D eigenvalue weighted by Crippen LogP contribution is -2.33. The molecule has 1 saturated heterocycles. The summed E-state index contributed by atoms with van der Waals surface area (Å²) in [6.45, 7) is 10.8. The highest BCUT2D eigenvalue weighted by molar-refractivity contribution is 5.69. The zero-order valence-corrected chi connectivity index (χ0v) is 15.1. The number of fused-ring (bicyclic) bond motifs is 1. The predicted octanol–water partition coefficient (Wildman–Crippen LogP) is 3.77. The highest BCUT2D eigenvalue weighted by Crippen LogP contribution is 2.28. The van der Waals surface area contributed by atoms with Gasteiger partial charge in [-0.25, -0.2) is 4.79 Å². The Bertz CT molecular complexity index is 603. The second-order valence-corrected chi connectivity index (χ2v) is 7.88. The highest BCUT2D eigenvalue weighted by Gasteiger charge is 2.28. The van der Waals surface area contributed by atoms with Crippen molar-refractivity contribution in [3.05, 3.63) is 29.3 Å². The molecule has 132 valence electrons. The van der Waals surface area contributed by atoms with Gasteiger partial charge in [-0.3, -0.25) is 4.90 Å². The van der Waals surface area contributed by atoms with Crippen LogP contribution in [0.15, 0.2) is 18.2 Å². The molecule has 1 N–H and O–H groups in total. The summed E-state index contributed by atoms with van der Waals surface area (Å²) in [6.07, 6.45) is 0.871. The second-order valence-electron chi connectivity index (χ2n) is 7.88. The minimum absolute atomic E-state index is 0.246. The van der Waals surface area contributed by atoms with Crippen LogP contribution in [-0.4, -0.2) is 35.8 Å². The third kappa shape index (κ3) is 4.01. The maximum Gasteiger partial charge on any atom is 0.410 e. The smallest absolute Gasteiger partial charge is 0.410 e. The first-order valence-corrected chi connectivity index (χ1v) is 8.76. The van der Waals surface area contributed by atoms with Crippen LogP contribution in [0.5, 0.6) is 0 Å². The van der Waals surface area contributed by atoms with Crippen molar-refractivity contribution in [2.75, 3.05) is 18.5 Å². The van der Waals surface area contributed by atoms with Crippen LogP contribution in [0.25, 0.3) is 0 Å². The fraction of sp³-hybridized carbons (Fsp3) is 0.632. The molecule has 24 heavy (non-hydrogen) atoms. The summed E-state index contributed by atoms with van der Waals surface area (Å²) in [5, 5.41) is 3.58. The largest absolute Gasteiger partial charge is 0.444 e. The second kappa shape index (κ2) is 6.63. The van der Waals surface area contributed by atoms with Crippen LogP contribution in [0.3, 0.4) is 0 Å². The summed E-state index contributed by atoms with van der Waals surface area (Å²) >= 11 is 0. The number of hydrogen-bond donors (Lipinski definition) is 1. The molecule has 0 spiro atoms. The molecule has 1 amide bonds. The number of carbonyl (C=O) groups excluding carboxylic acids is 1. The Kier molecular flexibility index (Phi) is 4.72. The van der Waals surface area contributed by atoms with E-state index in [2.05, 4.69) is 30.4 Å². The number of carbonyl (C=O) groups is 1. The van der Waals surface area contributed by atoms with E-state index in [1.54, 1.807) is 4.90 Å². The lowest BCUT2D eigenvalue weighted by Gasteiger charge is -2.24. The van der Waals surface area contributed by atoms with Crippen molar-refractivity contribution in [1.82, 2.24) is 4.90 Å². The minimum atomic E-state index is -0.461. The van der Waals surface area contributed by atoms with E-state index < -0.39 is 5.60 Å². The molecule has 2 aliphatic heterocycles. The molecule has 2 aliphatic rings. The zero-order valence-electron chi connectivity index (χ0n) is 15.1. The van der Waals surface area contributed by atoms with Gasteiger partial charge in [0.25, 0.3) is 0 Å². The molecule has 2 heterocycles. The number of rotatable bonds is 3. The number of amides is 1. The molecule has 0 radical (unpaired) electrons. The van der Waals surface area contributed by atoms with E-state index in [9.17, 15) is 4.79 Å². The van der Waals surface area contributed by atoms with Gasteiger partial charge in [-0.2, -0.15) is 0 Å². The third-order valence-corrected chi connectivity index (χ3v) is 4.65. The standard InChI is InChI=1S/C19H28N2O3/c1-13(15-7-8-23-12-15)20-17-6-5-14-10-21(11-16(14)9-17)18(22)24-19(2,3)4/h5-6,9,13,15,20H,7-8,10-12H2,1-4H3. The van der Waals surface area contributed by atoms with Crippen LogP contribution in [0.2, 0.25) is 0 Å². The molecular formula is C19H28N2O3. The maximum atomic E-state index is 12.2. The number of hydrogen-bond acceptors (Lipinski definition) is 4. The highest BCUT2D eigenvalue weighted by atomic mass is 16.6. The van der Waals surface area contributed by atoms with Gasteiger partial charge in [-0.05, 0) is 57.4 Å². The van der Waals surface area contributed by atoms with E-state index in [0.717, 1.165) is 25.3 Å². The van der Waals surface area contributed by atoms with Gasteiger partial charge >= 0.3 is 6.09 Å². The summed E-state index contributed by atoms with van der Waals surface area (Å²) in [7, 11) is 0. The average molecular weight is 332 g/mol. The van der Waals surface area contributed by atoms with Gasteiger partial charge in [0.2, 0.25) is 0 Å². The van der Waals surface area contributed by atoms with E-state index in [1.165, 1.54) is 11.1 Å². The molecule has 0 aromatic heterocycles. The number of benzene rings is 1. The fourth-order valence-electron chi connectivity index (χ4n) is 3.27. The van der Waals surface area contributed by atoms with Crippen molar-refractivity contribution >= 4 is 11.8 Å². The van der Waals surface area contributed by atoms with Crippen molar-refractivity contribution in [2.45, 2.75) is 58.8 Å². The van der Waals surface area contributed by atoms with Gasteiger partial charge in [0, 0.05) is 37.3 Å². The number of ether oxygens (including phenoxy) is 2. The van der Waals surface area contributed by atoms with Crippen LogP contribution in [-0.2, 0) is 22.6 Å². The van der Waals surface area contributed by atoms with Gasteiger partial charge in [0.15, 0.2) is 0 Å². The molecule has 0 aliphatic carbocycles. The Morgan fingerprint density at radius 1 is 1.33 bits per heavy atom. The SMILES string of the molecule is CC(Nc1ccc2c(c1)CN(C(=O)OC(C)(C)C)C2)C1CCOC1. The first-order valence-electron chi connectivity index (χ1n) is 8.76. The molecule has 1 aromatic carbocycles. The van der Waals surface area contributed by atoms with Crippen LogP contribution >= 0.6 is 0 Å². The molecule has 0 bridgehead atoms. The Hall–Kier alpha value is -1.75. The minimum Gasteiger partial charge on any atom is -0.444 e. The van der Waals surface area contributed by atoms with E-state index in [1.807, 2.05) is 20.8 Å². The molecule has 1 aromatic rings. The van der Waals surface area contributed by atoms with E-state index >= 15 is 0 Å². The topological polar surface area (TPSA) is 50.8 Å². The normalized spacial score (nSPS) is 21.5. The summed E-state index contributed by atoms with van der Waals surface area (Å²) in [5.74, 6) is 0.566. The van der Waals surface area contributed by atoms with Gasteiger partial charge in [0.05, 0.1) is 6.61 Å². The van der Waals surface area contributed by atoms with Gasteiger partial charge in [-0.1, -0.05) is 6.07 Å². The Morgan fingerprint density at radius 2 is 2.08 bits per heavy atom. The first-order chi connectivity index (χ1) is 11.3. The van der Waals surface area contributed by atoms with E-state index in [0.29, 0.717) is 25.0 Å². The molecule has 3 rings (SSSR count). The zero-order chi connectivity index (χ0) is 17.3. The van der Waals surface area contributed by atoms with Crippen molar-refractivity contribution in [3.8, 4) is 0 Å². The molecule has 2 unspecified atom stereocenters. The fourth-order valence-corrected chi connectivity index (χ4v) is 3.27. The average Bonchev–Trinajstić information content (AvgIpc) is 3.14. The van der Waals surface area contributed by atoms with E-state index in [4.69, 9.17) is 9.47 Å². The molecule has 1 fully saturated rings. The molecular weight excluding hydrogens is 304 g/mol. The molecule has 5 nitrogen and oxygen atoms in total. The summed E-state index contributed by atoms with van der Waals surface area (Å²) < 4.78 is 10.9. The van der Waals surface area contributed by atoms with Crippen molar-refractivity contribution < 1.29 is 14.3 Å². The van der Waals surface area contributed by atoms with Gasteiger partial charge in [0.1, 0.15) is 5.60 Å². The quantitative estimate of drug-likeness (QED) is 0.915. The Morgan fingerprint density at radius 3 is 2.75 bits per heavy atom. The molecule has 2 atom stereocenters. The third-order valence-electron chi connectivity index (χ3n) is 4.65. The van der Waals surface area contributed by atoms with Crippen molar-refractivity contribution in [1.29, 1.82) is 0 Å². The Labute approximate surface area is 144 Å². The van der Waals surface area contributed by atoms with Crippen molar-refractivity contribution in [3.63, 3.8) is 0 Å². The number of anilines is 1. The van der Waals surface area contributed by atoms with Gasteiger partial charge in [-0.15, -0.1) is 0 Å². The predicted molar refractivity (Wildman–Crippen MR) is 93.9 cm³/mol. The van der Waals surface area contributed by atoms with Crippen LogP contribution in [0.1, 0.15) is 45.2 Å². The summed E-state index contributed by atoms with van der Waals surface area (Å²) in [5.41, 5.74) is 3.04. The number of nitrogens with zero attached hydrogens (tertiary/aromatic N) is 1. The monoisotopic (exact) mass is 332 g/mol. The lowest BCUT2D eigenvalue weighted by atomic mass is 10.00. The van der Waals surface area contributed by atoms with Crippen LogP contribution in [0, 0.1) is 5.92 Å².